The number of nitrogens with one attached hydrogen (secondary N) is 1. The van der Waals surface area contributed by atoms with Crippen LogP contribution in [0.25, 0.3) is 16.6 Å². The molecule has 3 heterocycles. The number of aromatic nitrogens is 2. The predicted octanol–water partition coefficient (Wildman–Crippen LogP) is 5.71. The van der Waals surface area contributed by atoms with Crippen molar-refractivity contribution in [2.75, 3.05) is 19.6 Å². The van der Waals surface area contributed by atoms with E-state index in [0.29, 0.717) is 16.6 Å². The summed E-state index contributed by atoms with van der Waals surface area (Å²) in [6, 6.07) is 12.0. The van der Waals surface area contributed by atoms with Gasteiger partial charge < -0.3 is 14.8 Å². The largest absolute Gasteiger partial charge is 0.337 e. The highest BCUT2D eigenvalue weighted by atomic mass is 35.5. The number of imidazole rings is 1. The topological polar surface area (TPSA) is 50.2 Å². The molecule has 2 atom stereocenters. The number of halogens is 2. The number of fused-ring (bicyclic) bond motifs is 1. The van der Waals surface area contributed by atoms with Crippen molar-refractivity contribution in [2.45, 2.75) is 44.7 Å². The molecule has 5 nitrogen and oxygen atoms in total. The zero-order valence-corrected chi connectivity index (χ0v) is 20.2. The average Bonchev–Trinajstić information content (AvgIpc) is 3.27. The first-order valence-electron chi connectivity index (χ1n) is 11.6. The molecule has 1 N–H and O–H groups in total. The lowest BCUT2D eigenvalue weighted by molar-refractivity contribution is -0.133. The lowest BCUT2D eigenvalue weighted by atomic mass is 9.97. The SMILES string of the molecule is C[C@H](c1ccc(Cl)cc1Cl)n1cnc2ccc(C3=CCN(C(=O)C4CCCCN4)CC3)cc21. The zero-order valence-electron chi connectivity index (χ0n) is 18.7. The minimum Gasteiger partial charge on any atom is -0.337 e. The van der Waals surface area contributed by atoms with Gasteiger partial charge in [-0.25, -0.2) is 4.98 Å². The Balaban J connectivity index is 1.37. The summed E-state index contributed by atoms with van der Waals surface area (Å²) in [7, 11) is 0. The maximum absolute atomic E-state index is 12.8. The Kier molecular flexibility index (Phi) is 6.46. The number of carbonyl (C=O) groups is 1. The Morgan fingerprint density at radius 3 is 2.79 bits per heavy atom. The van der Waals surface area contributed by atoms with Crippen molar-refractivity contribution in [3.05, 3.63) is 70.0 Å². The van der Waals surface area contributed by atoms with Crippen LogP contribution in [0.15, 0.2) is 48.8 Å². The van der Waals surface area contributed by atoms with E-state index in [2.05, 4.69) is 46.1 Å². The van der Waals surface area contributed by atoms with Gasteiger partial charge in [-0.2, -0.15) is 0 Å². The molecule has 0 saturated carbocycles. The minimum atomic E-state index is -0.0134. The Morgan fingerprint density at radius 2 is 2.06 bits per heavy atom. The molecular weight excluding hydrogens is 455 g/mol. The molecule has 2 aliphatic rings. The number of hydrogen-bond acceptors (Lipinski definition) is 3. The van der Waals surface area contributed by atoms with Gasteiger partial charge in [0.05, 0.1) is 29.4 Å². The Morgan fingerprint density at radius 1 is 1.18 bits per heavy atom. The van der Waals surface area contributed by atoms with E-state index in [4.69, 9.17) is 23.2 Å². The second-order valence-electron chi connectivity index (χ2n) is 8.96. The standard InChI is InChI=1S/C26H28Cl2N4O/c1-17(21-7-6-20(27)15-22(21)28)32-16-30-23-8-5-19(14-25(23)32)18-9-12-31(13-10-18)26(33)24-4-2-3-11-29-24/h5-9,14-17,24,29H,2-4,10-13H2,1H3/t17-,24?/m1/s1. The minimum absolute atomic E-state index is 0.0134. The molecule has 2 aromatic carbocycles. The quantitative estimate of drug-likeness (QED) is 0.517. The van der Waals surface area contributed by atoms with Crippen LogP contribution in [0, 0.1) is 0 Å². The van der Waals surface area contributed by atoms with E-state index >= 15 is 0 Å². The number of hydrogen-bond donors (Lipinski definition) is 1. The molecule has 0 aliphatic carbocycles. The van der Waals surface area contributed by atoms with Gasteiger partial charge in [0.15, 0.2) is 0 Å². The van der Waals surface area contributed by atoms with Crippen molar-refractivity contribution in [1.82, 2.24) is 19.8 Å². The maximum atomic E-state index is 12.8. The summed E-state index contributed by atoms with van der Waals surface area (Å²) in [5.74, 6) is 0.243. The molecule has 33 heavy (non-hydrogen) atoms. The van der Waals surface area contributed by atoms with Gasteiger partial charge in [-0.15, -0.1) is 0 Å². The van der Waals surface area contributed by atoms with E-state index in [1.807, 2.05) is 23.4 Å². The lowest BCUT2D eigenvalue weighted by Gasteiger charge is -2.32. The van der Waals surface area contributed by atoms with Gasteiger partial charge in [0, 0.05) is 23.1 Å². The average molecular weight is 483 g/mol. The number of nitrogens with zero attached hydrogens (tertiary/aromatic N) is 3. The van der Waals surface area contributed by atoms with Crippen LogP contribution in [0.5, 0.6) is 0 Å². The van der Waals surface area contributed by atoms with E-state index in [1.165, 1.54) is 11.1 Å². The molecule has 7 heteroatoms. The Bertz CT molecular complexity index is 1210. The third kappa shape index (κ3) is 4.54. The fraction of sp³-hybridized carbons (Fsp3) is 0.385. The van der Waals surface area contributed by atoms with E-state index < -0.39 is 0 Å². The van der Waals surface area contributed by atoms with Crippen LogP contribution < -0.4 is 5.32 Å². The number of amides is 1. The molecule has 0 spiro atoms. The fourth-order valence-corrected chi connectivity index (χ4v) is 5.51. The zero-order chi connectivity index (χ0) is 22.9. The van der Waals surface area contributed by atoms with Crippen LogP contribution in [-0.2, 0) is 4.79 Å². The maximum Gasteiger partial charge on any atom is 0.239 e. The van der Waals surface area contributed by atoms with Gasteiger partial charge in [-0.1, -0.05) is 47.8 Å². The molecule has 1 saturated heterocycles. The van der Waals surface area contributed by atoms with Gasteiger partial charge in [0.1, 0.15) is 0 Å². The molecule has 1 amide bonds. The van der Waals surface area contributed by atoms with Crippen molar-refractivity contribution in [2.24, 2.45) is 0 Å². The van der Waals surface area contributed by atoms with Crippen LogP contribution in [0.3, 0.4) is 0 Å². The molecule has 0 bridgehead atoms. The van der Waals surface area contributed by atoms with Crippen molar-refractivity contribution in [3.63, 3.8) is 0 Å². The third-order valence-electron chi connectivity index (χ3n) is 6.90. The summed E-state index contributed by atoms with van der Waals surface area (Å²) in [4.78, 5) is 19.4. The summed E-state index contributed by atoms with van der Waals surface area (Å²) in [6.07, 6.45) is 8.17. The normalized spacial score (nSPS) is 20.0. The smallest absolute Gasteiger partial charge is 0.239 e. The van der Waals surface area contributed by atoms with Crippen molar-refractivity contribution in [3.8, 4) is 0 Å². The Labute approximate surface area is 204 Å². The summed E-state index contributed by atoms with van der Waals surface area (Å²) in [6.45, 7) is 4.49. The van der Waals surface area contributed by atoms with E-state index in [9.17, 15) is 4.79 Å². The highest BCUT2D eigenvalue weighted by Crippen LogP contribution is 2.32. The highest BCUT2D eigenvalue weighted by Gasteiger charge is 2.27. The molecule has 0 radical (unpaired) electrons. The van der Waals surface area contributed by atoms with Gasteiger partial charge in [-0.05, 0) is 73.7 Å². The molecule has 172 valence electrons. The second kappa shape index (κ2) is 9.49. The van der Waals surface area contributed by atoms with E-state index in [-0.39, 0.29) is 18.0 Å². The van der Waals surface area contributed by atoms with Crippen LogP contribution >= 0.6 is 23.2 Å². The predicted molar refractivity (Wildman–Crippen MR) is 135 cm³/mol. The van der Waals surface area contributed by atoms with Crippen LogP contribution in [0.2, 0.25) is 10.0 Å². The van der Waals surface area contributed by atoms with Crippen LogP contribution in [-0.4, -0.2) is 46.0 Å². The highest BCUT2D eigenvalue weighted by molar-refractivity contribution is 6.35. The number of benzene rings is 2. The van der Waals surface area contributed by atoms with E-state index in [1.54, 1.807) is 6.07 Å². The molecule has 3 aromatic rings. The second-order valence-corrected chi connectivity index (χ2v) is 9.81. The van der Waals surface area contributed by atoms with Gasteiger partial charge in [0.25, 0.3) is 0 Å². The molecule has 1 aromatic heterocycles. The first-order chi connectivity index (χ1) is 16.0. The summed E-state index contributed by atoms with van der Waals surface area (Å²) >= 11 is 12.6. The van der Waals surface area contributed by atoms with Crippen molar-refractivity contribution < 1.29 is 4.79 Å². The number of carbonyl (C=O) groups excluding carboxylic acids is 1. The van der Waals surface area contributed by atoms with E-state index in [0.717, 1.165) is 55.4 Å². The van der Waals surface area contributed by atoms with Gasteiger partial charge >= 0.3 is 0 Å². The fourth-order valence-electron chi connectivity index (χ4n) is 4.94. The lowest BCUT2D eigenvalue weighted by Crippen LogP contribution is -2.49. The molecule has 1 unspecified atom stereocenters. The van der Waals surface area contributed by atoms with Gasteiger partial charge in [0.2, 0.25) is 5.91 Å². The van der Waals surface area contributed by atoms with Gasteiger partial charge in [-0.3, -0.25) is 4.79 Å². The summed E-state index contributed by atoms with van der Waals surface area (Å²) in [5.41, 5.74) is 5.49. The van der Waals surface area contributed by atoms with Crippen molar-refractivity contribution in [1.29, 1.82) is 0 Å². The first-order valence-corrected chi connectivity index (χ1v) is 12.4. The van der Waals surface area contributed by atoms with Crippen molar-refractivity contribution >= 4 is 45.7 Å². The third-order valence-corrected chi connectivity index (χ3v) is 7.47. The van der Waals surface area contributed by atoms with Crippen LogP contribution in [0.1, 0.15) is 49.8 Å². The molecule has 1 fully saturated rings. The summed E-state index contributed by atoms with van der Waals surface area (Å²) < 4.78 is 2.15. The first kappa shape index (κ1) is 22.5. The monoisotopic (exact) mass is 482 g/mol. The number of piperidine rings is 1. The Hall–Kier alpha value is -2.34. The molecule has 2 aliphatic heterocycles. The van der Waals surface area contributed by atoms with Crippen LogP contribution in [0.4, 0.5) is 0 Å². The summed E-state index contributed by atoms with van der Waals surface area (Å²) in [5, 5.41) is 4.66. The molecule has 5 rings (SSSR count). The molecular formula is C26H28Cl2N4O. The number of rotatable bonds is 4.